The zero-order valence-corrected chi connectivity index (χ0v) is 16.9. The summed E-state index contributed by atoms with van der Waals surface area (Å²) in [7, 11) is 2.60. The molecule has 2 aromatic rings. The van der Waals surface area contributed by atoms with Crippen molar-refractivity contribution in [2.75, 3.05) is 14.2 Å². The van der Waals surface area contributed by atoms with Gasteiger partial charge in [0.2, 0.25) is 0 Å². The summed E-state index contributed by atoms with van der Waals surface area (Å²) in [5, 5.41) is 11.4. The minimum Gasteiger partial charge on any atom is -0.466 e. The van der Waals surface area contributed by atoms with Crippen molar-refractivity contribution < 1.29 is 19.1 Å². The smallest absolute Gasteiger partial charge is 0.332 e. The second-order valence-electron chi connectivity index (χ2n) is 6.02. The Morgan fingerprint density at radius 2 is 1.10 bits per heavy atom. The highest BCUT2D eigenvalue weighted by Gasteiger charge is 2.05. The predicted octanol–water partition coefficient (Wildman–Crippen LogP) is 3.65. The fourth-order valence-corrected chi connectivity index (χ4v) is 2.30. The summed E-state index contributed by atoms with van der Waals surface area (Å²) in [6.07, 6.45) is 5.47. The number of hydrogen-bond donors (Lipinski definition) is 0. The van der Waals surface area contributed by atoms with Gasteiger partial charge >= 0.3 is 11.9 Å². The van der Waals surface area contributed by atoms with Crippen LogP contribution >= 0.6 is 0 Å². The number of carbonyl (C=O) groups excluding carboxylic acids is 2. The van der Waals surface area contributed by atoms with Crippen LogP contribution in [0.3, 0.4) is 0 Å². The maximum Gasteiger partial charge on any atom is 0.332 e. The molecule has 0 amide bonds. The Bertz CT molecular complexity index is 809. The van der Waals surface area contributed by atoms with Crippen LogP contribution in [0.25, 0.3) is 0 Å². The van der Waals surface area contributed by atoms with Gasteiger partial charge in [0.15, 0.2) is 0 Å². The highest BCUT2D eigenvalue weighted by atomic mass is 16.5. The van der Waals surface area contributed by atoms with Crippen LogP contribution in [-0.4, -0.2) is 36.2 Å². The first-order valence-electron chi connectivity index (χ1n) is 9.15. The van der Waals surface area contributed by atoms with Crippen molar-refractivity contribution in [3.8, 4) is 0 Å². The van der Waals surface area contributed by atoms with E-state index in [4.69, 9.17) is 0 Å². The van der Waals surface area contributed by atoms with Crippen LogP contribution in [0.5, 0.6) is 0 Å². The molecule has 0 saturated heterocycles. The van der Waals surface area contributed by atoms with Crippen LogP contribution in [0, 0.1) is 0 Å². The summed E-state index contributed by atoms with van der Waals surface area (Å²) < 4.78 is 9.27. The Kier molecular flexibility index (Phi) is 9.32. The molecule has 0 aliphatic heterocycles. The molecule has 2 rings (SSSR count). The summed E-state index contributed by atoms with van der Waals surface area (Å²) in [4.78, 5) is 23.0. The van der Waals surface area contributed by atoms with Crippen molar-refractivity contribution in [3.05, 3.63) is 96.3 Å². The van der Waals surface area contributed by atoms with E-state index in [-0.39, 0.29) is 0 Å². The van der Waals surface area contributed by atoms with Crippen molar-refractivity contribution in [1.29, 1.82) is 0 Å². The third-order valence-corrected chi connectivity index (χ3v) is 3.81. The molecule has 2 aromatic carbocycles. The quantitative estimate of drug-likeness (QED) is 0.258. The molecule has 0 aliphatic carbocycles. The first kappa shape index (κ1) is 22.4. The SMILES string of the molecule is COC(=O)/C=C/N(Cc1ccccc1)N=NN(/C=C/C(=O)OC)Cc1ccccc1. The van der Waals surface area contributed by atoms with Crippen molar-refractivity contribution >= 4 is 11.9 Å². The Hall–Kier alpha value is -3.94. The minimum absolute atomic E-state index is 0.387. The van der Waals surface area contributed by atoms with Gasteiger partial charge in [-0.3, -0.25) is 0 Å². The first-order chi connectivity index (χ1) is 14.6. The summed E-state index contributed by atoms with van der Waals surface area (Å²) in [6, 6.07) is 19.2. The topological polar surface area (TPSA) is 83.8 Å². The number of esters is 2. The van der Waals surface area contributed by atoms with Gasteiger partial charge in [0.05, 0.1) is 27.3 Å². The molecule has 0 saturated carbocycles. The van der Waals surface area contributed by atoms with Crippen LogP contribution in [0.2, 0.25) is 0 Å². The predicted molar refractivity (Wildman–Crippen MR) is 111 cm³/mol. The fraction of sp³-hybridized carbons (Fsp3) is 0.182. The maximum absolute atomic E-state index is 11.5. The van der Waals surface area contributed by atoms with E-state index in [1.807, 2.05) is 60.7 Å². The molecule has 0 atom stereocenters. The molecule has 156 valence electrons. The van der Waals surface area contributed by atoms with Gasteiger partial charge in [-0.1, -0.05) is 60.7 Å². The third kappa shape index (κ3) is 8.39. The van der Waals surface area contributed by atoms with Crippen LogP contribution in [0.1, 0.15) is 11.1 Å². The number of carbonyl (C=O) groups is 2. The molecule has 30 heavy (non-hydrogen) atoms. The van der Waals surface area contributed by atoms with Gasteiger partial charge in [-0.25, -0.2) is 19.6 Å². The van der Waals surface area contributed by atoms with E-state index in [2.05, 4.69) is 19.9 Å². The van der Waals surface area contributed by atoms with Crippen molar-refractivity contribution in [1.82, 2.24) is 10.0 Å². The van der Waals surface area contributed by atoms with E-state index in [0.29, 0.717) is 13.1 Å². The van der Waals surface area contributed by atoms with Crippen LogP contribution < -0.4 is 0 Å². The van der Waals surface area contributed by atoms with E-state index >= 15 is 0 Å². The molecule has 0 fully saturated rings. The number of nitrogens with zero attached hydrogens (tertiary/aromatic N) is 4. The van der Waals surface area contributed by atoms with Gasteiger partial charge in [-0.05, 0) is 21.6 Å². The zero-order valence-electron chi connectivity index (χ0n) is 16.9. The van der Waals surface area contributed by atoms with E-state index in [1.54, 1.807) is 0 Å². The second-order valence-corrected chi connectivity index (χ2v) is 6.02. The average molecular weight is 408 g/mol. The highest BCUT2D eigenvalue weighted by Crippen LogP contribution is 2.10. The fourth-order valence-electron chi connectivity index (χ4n) is 2.30. The highest BCUT2D eigenvalue weighted by molar-refractivity contribution is 5.81. The number of ether oxygens (including phenoxy) is 2. The van der Waals surface area contributed by atoms with Crippen LogP contribution in [0.15, 0.2) is 95.7 Å². The lowest BCUT2D eigenvalue weighted by atomic mass is 10.2. The number of hydrogen-bond acceptors (Lipinski definition) is 6. The lowest BCUT2D eigenvalue weighted by Gasteiger charge is -2.16. The summed E-state index contributed by atoms with van der Waals surface area (Å²) in [5.41, 5.74) is 1.95. The molecular weight excluding hydrogens is 384 g/mol. The largest absolute Gasteiger partial charge is 0.466 e. The van der Waals surface area contributed by atoms with Gasteiger partial charge in [0.25, 0.3) is 0 Å². The minimum atomic E-state index is -0.505. The number of benzene rings is 2. The number of methoxy groups -OCH3 is 2. The lowest BCUT2D eigenvalue weighted by molar-refractivity contribution is -0.135. The molecule has 0 aromatic heterocycles. The lowest BCUT2D eigenvalue weighted by Crippen LogP contribution is -2.14. The molecule has 0 heterocycles. The van der Waals surface area contributed by atoms with E-state index in [0.717, 1.165) is 11.1 Å². The molecule has 0 N–H and O–H groups in total. The molecule has 8 nitrogen and oxygen atoms in total. The van der Waals surface area contributed by atoms with Gasteiger partial charge < -0.3 is 9.47 Å². The third-order valence-electron chi connectivity index (χ3n) is 3.81. The normalized spacial score (nSPS) is 11.1. The first-order valence-corrected chi connectivity index (χ1v) is 9.15. The standard InChI is InChI=1S/C22H24N4O4/c1-29-21(27)13-15-25(17-19-9-5-3-6-10-19)23-24-26(16-14-22(28)30-2)18-20-11-7-4-8-12-20/h3-16H,17-18H2,1-2H3/b15-13+,16-14+,24-23?. The molecule has 0 radical (unpaired) electrons. The molecule has 8 heteroatoms. The average Bonchev–Trinajstić information content (AvgIpc) is 2.79. The molecule has 0 bridgehead atoms. The van der Waals surface area contributed by atoms with Gasteiger partial charge in [0.1, 0.15) is 0 Å². The van der Waals surface area contributed by atoms with E-state index in [9.17, 15) is 9.59 Å². The summed E-state index contributed by atoms with van der Waals surface area (Å²) in [5.74, 6) is -1.01. The van der Waals surface area contributed by atoms with Gasteiger partial charge in [0, 0.05) is 24.6 Å². The van der Waals surface area contributed by atoms with E-state index in [1.165, 1.54) is 48.8 Å². The Morgan fingerprint density at radius 3 is 1.43 bits per heavy atom. The van der Waals surface area contributed by atoms with Crippen molar-refractivity contribution in [2.45, 2.75) is 13.1 Å². The molecule has 0 aliphatic rings. The Morgan fingerprint density at radius 1 is 0.733 bits per heavy atom. The number of rotatable bonds is 10. The Balaban J connectivity index is 2.21. The zero-order chi connectivity index (χ0) is 21.6. The molecule has 0 unspecified atom stereocenters. The van der Waals surface area contributed by atoms with Gasteiger partial charge in [-0.2, -0.15) is 0 Å². The van der Waals surface area contributed by atoms with Gasteiger partial charge in [-0.15, -0.1) is 0 Å². The molecular formula is C22H24N4O4. The van der Waals surface area contributed by atoms with Crippen molar-refractivity contribution in [2.24, 2.45) is 10.4 Å². The van der Waals surface area contributed by atoms with Crippen LogP contribution in [0.4, 0.5) is 0 Å². The summed E-state index contributed by atoms with van der Waals surface area (Å²) in [6.45, 7) is 0.773. The Labute approximate surface area is 175 Å². The second kappa shape index (κ2) is 12.5. The maximum atomic E-state index is 11.5. The van der Waals surface area contributed by atoms with Crippen molar-refractivity contribution in [3.63, 3.8) is 0 Å². The van der Waals surface area contributed by atoms with Crippen LogP contribution in [-0.2, 0) is 32.2 Å². The monoisotopic (exact) mass is 408 g/mol. The molecule has 0 spiro atoms. The summed E-state index contributed by atoms with van der Waals surface area (Å²) >= 11 is 0. The van der Waals surface area contributed by atoms with E-state index < -0.39 is 11.9 Å².